The van der Waals surface area contributed by atoms with Crippen LogP contribution in [0.1, 0.15) is 30.6 Å². The number of carbonyl (C=O) groups excluding carboxylic acids is 1. The van der Waals surface area contributed by atoms with Crippen molar-refractivity contribution in [2.24, 2.45) is 0 Å². The van der Waals surface area contributed by atoms with Crippen LogP contribution in [0.15, 0.2) is 18.3 Å². The summed E-state index contributed by atoms with van der Waals surface area (Å²) in [7, 11) is 1.63. The Morgan fingerprint density at radius 3 is 2.72 bits per heavy atom. The molecular formula is C13H21N3O2. The number of pyridine rings is 1. The van der Waals surface area contributed by atoms with E-state index < -0.39 is 0 Å². The molecule has 18 heavy (non-hydrogen) atoms. The largest absolute Gasteiger partial charge is 0.383 e. The summed E-state index contributed by atoms with van der Waals surface area (Å²) < 4.78 is 5.04. The molecule has 100 valence electrons. The van der Waals surface area contributed by atoms with Gasteiger partial charge < -0.3 is 15.4 Å². The SMILES string of the molecule is CCNc1ccc(C(=O)NC(CC)COC)cn1. The van der Waals surface area contributed by atoms with E-state index in [1.807, 2.05) is 13.8 Å². The average molecular weight is 251 g/mol. The number of nitrogens with zero attached hydrogens (tertiary/aromatic N) is 1. The van der Waals surface area contributed by atoms with Crippen LogP contribution in [-0.4, -0.2) is 37.2 Å². The Bertz CT molecular complexity index is 365. The fourth-order valence-electron chi connectivity index (χ4n) is 1.55. The highest BCUT2D eigenvalue weighted by Crippen LogP contribution is 2.05. The van der Waals surface area contributed by atoms with Crippen LogP contribution in [0, 0.1) is 0 Å². The number of hydrogen-bond acceptors (Lipinski definition) is 4. The molecule has 0 aliphatic rings. The zero-order valence-corrected chi connectivity index (χ0v) is 11.2. The lowest BCUT2D eigenvalue weighted by molar-refractivity contribution is 0.0894. The highest BCUT2D eigenvalue weighted by atomic mass is 16.5. The number of hydrogen-bond donors (Lipinski definition) is 2. The molecule has 0 bridgehead atoms. The van der Waals surface area contributed by atoms with Crippen LogP contribution in [0.2, 0.25) is 0 Å². The van der Waals surface area contributed by atoms with E-state index in [1.54, 1.807) is 25.4 Å². The number of nitrogens with one attached hydrogen (secondary N) is 2. The second-order valence-corrected chi connectivity index (χ2v) is 4.00. The number of anilines is 1. The Balaban J connectivity index is 2.60. The maximum Gasteiger partial charge on any atom is 0.253 e. The highest BCUT2D eigenvalue weighted by Gasteiger charge is 2.12. The molecule has 0 fully saturated rings. The number of methoxy groups -OCH3 is 1. The minimum atomic E-state index is -0.116. The first-order valence-corrected chi connectivity index (χ1v) is 6.21. The van der Waals surface area contributed by atoms with Gasteiger partial charge in [-0.3, -0.25) is 4.79 Å². The summed E-state index contributed by atoms with van der Waals surface area (Å²) in [6, 6.07) is 3.60. The predicted octanol–water partition coefficient (Wildman–Crippen LogP) is 1.67. The highest BCUT2D eigenvalue weighted by molar-refractivity contribution is 5.94. The van der Waals surface area contributed by atoms with Crippen LogP contribution in [0.25, 0.3) is 0 Å². The van der Waals surface area contributed by atoms with Crippen molar-refractivity contribution in [1.82, 2.24) is 10.3 Å². The van der Waals surface area contributed by atoms with Gasteiger partial charge in [-0.15, -0.1) is 0 Å². The first-order chi connectivity index (χ1) is 8.71. The third kappa shape index (κ3) is 4.33. The van der Waals surface area contributed by atoms with E-state index in [4.69, 9.17) is 4.74 Å². The summed E-state index contributed by atoms with van der Waals surface area (Å²) >= 11 is 0. The third-order valence-corrected chi connectivity index (χ3v) is 2.58. The Morgan fingerprint density at radius 1 is 1.44 bits per heavy atom. The lowest BCUT2D eigenvalue weighted by Gasteiger charge is -2.15. The molecule has 1 rings (SSSR count). The van der Waals surface area contributed by atoms with Gasteiger partial charge in [0.05, 0.1) is 18.2 Å². The van der Waals surface area contributed by atoms with Crippen molar-refractivity contribution in [2.75, 3.05) is 25.6 Å². The topological polar surface area (TPSA) is 63.2 Å². The van der Waals surface area contributed by atoms with Gasteiger partial charge in [0.15, 0.2) is 0 Å². The fourth-order valence-corrected chi connectivity index (χ4v) is 1.55. The van der Waals surface area contributed by atoms with Crippen molar-refractivity contribution in [3.8, 4) is 0 Å². The van der Waals surface area contributed by atoms with Crippen molar-refractivity contribution in [3.63, 3.8) is 0 Å². The zero-order chi connectivity index (χ0) is 13.4. The fraction of sp³-hybridized carbons (Fsp3) is 0.538. The van der Waals surface area contributed by atoms with Crippen LogP contribution in [0.3, 0.4) is 0 Å². The van der Waals surface area contributed by atoms with Crippen LogP contribution in [0.5, 0.6) is 0 Å². The molecule has 0 saturated heterocycles. The normalized spacial score (nSPS) is 11.9. The molecule has 1 atom stereocenters. The zero-order valence-electron chi connectivity index (χ0n) is 11.2. The van der Waals surface area contributed by atoms with E-state index in [2.05, 4.69) is 15.6 Å². The second-order valence-electron chi connectivity index (χ2n) is 4.00. The number of ether oxygens (including phenoxy) is 1. The van der Waals surface area contributed by atoms with Gasteiger partial charge >= 0.3 is 0 Å². The second kappa shape index (κ2) is 7.66. The summed E-state index contributed by atoms with van der Waals surface area (Å²) in [5.41, 5.74) is 0.561. The Hall–Kier alpha value is -1.62. The lowest BCUT2D eigenvalue weighted by atomic mass is 10.2. The molecule has 0 saturated carbocycles. The molecule has 5 nitrogen and oxygen atoms in total. The van der Waals surface area contributed by atoms with Crippen LogP contribution < -0.4 is 10.6 Å². The van der Waals surface area contributed by atoms with Gasteiger partial charge in [0, 0.05) is 19.9 Å². The summed E-state index contributed by atoms with van der Waals surface area (Å²) in [6.07, 6.45) is 2.41. The van der Waals surface area contributed by atoms with E-state index in [0.29, 0.717) is 12.2 Å². The van der Waals surface area contributed by atoms with E-state index in [1.165, 1.54) is 0 Å². The minimum absolute atomic E-state index is 0.0379. The van der Waals surface area contributed by atoms with Gasteiger partial charge in [0.2, 0.25) is 0 Å². The molecule has 0 radical (unpaired) electrons. The first kappa shape index (κ1) is 14.4. The van der Waals surface area contributed by atoms with E-state index in [0.717, 1.165) is 18.8 Å². The van der Waals surface area contributed by atoms with Crippen LogP contribution >= 0.6 is 0 Å². The van der Waals surface area contributed by atoms with Crippen molar-refractivity contribution in [1.29, 1.82) is 0 Å². The summed E-state index contributed by atoms with van der Waals surface area (Å²) in [5, 5.41) is 5.99. The summed E-state index contributed by atoms with van der Waals surface area (Å²) in [4.78, 5) is 16.1. The molecule has 1 amide bonds. The van der Waals surface area contributed by atoms with Crippen LogP contribution in [-0.2, 0) is 4.74 Å². The summed E-state index contributed by atoms with van der Waals surface area (Å²) in [6.45, 7) is 5.34. The Kier molecular flexibility index (Phi) is 6.14. The van der Waals surface area contributed by atoms with Gasteiger partial charge in [-0.1, -0.05) is 6.92 Å². The van der Waals surface area contributed by atoms with E-state index in [9.17, 15) is 4.79 Å². The van der Waals surface area contributed by atoms with Gasteiger partial charge in [-0.05, 0) is 25.5 Å². The molecule has 1 unspecified atom stereocenters. The van der Waals surface area contributed by atoms with Crippen LogP contribution in [0.4, 0.5) is 5.82 Å². The molecule has 0 aromatic carbocycles. The lowest BCUT2D eigenvalue weighted by Crippen LogP contribution is -2.37. The van der Waals surface area contributed by atoms with Crippen molar-refractivity contribution in [3.05, 3.63) is 23.9 Å². The van der Waals surface area contributed by atoms with Crippen molar-refractivity contribution >= 4 is 11.7 Å². The standard InChI is InChI=1S/C13H21N3O2/c1-4-11(9-18-3)16-13(17)10-6-7-12(14-5-2)15-8-10/h6-8,11H,4-5,9H2,1-3H3,(H,14,15)(H,16,17). The molecule has 1 heterocycles. The van der Waals surface area contributed by atoms with Gasteiger partial charge in [0.1, 0.15) is 5.82 Å². The molecule has 1 aromatic heterocycles. The van der Waals surface area contributed by atoms with Gasteiger partial charge in [0.25, 0.3) is 5.91 Å². The maximum absolute atomic E-state index is 11.9. The molecule has 1 aromatic rings. The minimum Gasteiger partial charge on any atom is -0.383 e. The Morgan fingerprint density at radius 2 is 2.22 bits per heavy atom. The van der Waals surface area contributed by atoms with Gasteiger partial charge in [-0.2, -0.15) is 0 Å². The molecule has 2 N–H and O–H groups in total. The maximum atomic E-state index is 11.9. The number of carbonyl (C=O) groups is 1. The Labute approximate surface area is 108 Å². The smallest absolute Gasteiger partial charge is 0.253 e. The van der Waals surface area contributed by atoms with Crippen molar-refractivity contribution in [2.45, 2.75) is 26.3 Å². The number of amides is 1. The summed E-state index contributed by atoms with van der Waals surface area (Å²) in [5.74, 6) is 0.660. The molecule has 0 aliphatic heterocycles. The van der Waals surface area contributed by atoms with E-state index in [-0.39, 0.29) is 11.9 Å². The van der Waals surface area contributed by atoms with Crippen molar-refractivity contribution < 1.29 is 9.53 Å². The monoisotopic (exact) mass is 251 g/mol. The quantitative estimate of drug-likeness (QED) is 0.773. The molecular weight excluding hydrogens is 230 g/mol. The molecule has 0 aliphatic carbocycles. The number of rotatable bonds is 7. The molecule has 0 spiro atoms. The number of aromatic nitrogens is 1. The third-order valence-electron chi connectivity index (χ3n) is 2.58. The predicted molar refractivity (Wildman–Crippen MR) is 71.8 cm³/mol. The van der Waals surface area contributed by atoms with Gasteiger partial charge in [-0.25, -0.2) is 4.98 Å². The average Bonchev–Trinajstić information content (AvgIpc) is 2.39. The van der Waals surface area contributed by atoms with E-state index >= 15 is 0 Å². The molecule has 5 heteroatoms. The first-order valence-electron chi connectivity index (χ1n) is 6.21.